The number of nitrogens with one attached hydrogen (secondary N) is 3. The van der Waals surface area contributed by atoms with Crippen LogP contribution in [0.5, 0.6) is 0 Å². The van der Waals surface area contributed by atoms with Gasteiger partial charge in [0.15, 0.2) is 11.8 Å². The maximum absolute atomic E-state index is 11.6. The van der Waals surface area contributed by atoms with Crippen LogP contribution in [-0.4, -0.2) is 70.3 Å². The van der Waals surface area contributed by atoms with Gasteiger partial charge in [-0.3, -0.25) is 9.69 Å². The minimum atomic E-state index is 0. The number of likely N-dealkylation sites (tertiary alicyclic amines) is 1. The fourth-order valence-electron chi connectivity index (χ4n) is 4.02. The van der Waals surface area contributed by atoms with Crippen LogP contribution in [0.1, 0.15) is 56.6 Å². The number of amides is 1. The van der Waals surface area contributed by atoms with Crippen LogP contribution in [0.3, 0.4) is 0 Å². The molecule has 0 radical (unpaired) electrons. The number of hydrogen-bond acceptors (Lipinski definition) is 5. The van der Waals surface area contributed by atoms with E-state index in [1.807, 2.05) is 18.5 Å². The van der Waals surface area contributed by atoms with E-state index >= 15 is 0 Å². The van der Waals surface area contributed by atoms with Gasteiger partial charge in [0.25, 0.3) is 0 Å². The number of aromatic nitrogens is 3. The van der Waals surface area contributed by atoms with Crippen molar-refractivity contribution in [2.45, 2.75) is 70.5 Å². The van der Waals surface area contributed by atoms with Crippen molar-refractivity contribution in [3.05, 3.63) is 11.6 Å². The Kier molecular flexibility index (Phi) is 10.3. The second-order valence-corrected chi connectivity index (χ2v) is 8.23. The van der Waals surface area contributed by atoms with Gasteiger partial charge in [-0.25, -0.2) is 4.99 Å². The van der Waals surface area contributed by atoms with E-state index in [2.05, 4.69) is 31.0 Å². The van der Waals surface area contributed by atoms with Gasteiger partial charge < -0.3 is 20.5 Å². The summed E-state index contributed by atoms with van der Waals surface area (Å²) in [5.41, 5.74) is 0. The molecule has 1 aromatic rings. The number of aliphatic imine (C=N–C) groups is 1. The number of nitrogens with zero attached hydrogens (tertiary/aromatic N) is 5. The Morgan fingerprint density at radius 3 is 2.27 bits per heavy atom. The maximum atomic E-state index is 11.6. The zero-order valence-corrected chi connectivity index (χ0v) is 20.8. The van der Waals surface area contributed by atoms with Gasteiger partial charge in [-0.2, -0.15) is 0 Å². The van der Waals surface area contributed by atoms with E-state index in [-0.39, 0.29) is 29.9 Å². The van der Waals surface area contributed by atoms with Crippen molar-refractivity contribution in [2.75, 3.05) is 26.7 Å². The second-order valence-electron chi connectivity index (χ2n) is 8.23. The lowest BCUT2D eigenvalue weighted by Gasteiger charge is -2.33. The summed E-state index contributed by atoms with van der Waals surface area (Å²) in [5, 5.41) is 18.4. The van der Waals surface area contributed by atoms with E-state index in [4.69, 9.17) is 4.99 Å². The molecule has 1 aliphatic heterocycles. The van der Waals surface area contributed by atoms with E-state index in [9.17, 15) is 4.79 Å². The Balaban J connectivity index is 0.00000320. The average Bonchev–Trinajstić information content (AvgIpc) is 3.06. The number of carbonyl (C=O) groups is 1. The third-order valence-corrected chi connectivity index (χ3v) is 6.08. The molecule has 30 heavy (non-hydrogen) atoms. The van der Waals surface area contributed by atoms with E-state index in [0.29, 0.717) is 25.2 Å². The third-order valence-electron chi connectivity index (χ3n) is 6.08. The van der Waals surface area contributed by atoms with Crippen molar-refractivity contribution < 1.29 is 4.79 Å². The van der Waals surface area contributed by atoms with Gasteiger partial charge in [-0.15, -0.1) is 34.2 Å². The van der Waals surface area contributed by atoms with Crippen molar-refractivity contribution in [1.82, 2.24) is 35.6 Å². The lowest BCUT2D eigenvalue weighted by Crippen LogP contribution is -2.52. The van der Waals surface area contributed by atoms with E-state index in [1.165, 1.54) is 32.1 Å². The molecule has 1 amide bonds. The highest BCUT2D eigenvalue weighted by Crippen LogP contribution is 2.17. The molecule has 170 valence electrons. The molecule has 3 rings (SSSR count). The number of guanidine groups is 1. The van der Waals surface area contributed by atoms with Crippen LogP contribution in [0.25, 0.3) is 0 Å². The van der Waals surface area contributed by atoms with Crippen molar-refractivity contribution in [3.63, 3.8) is 0 Å². The third kappa shape index (κ3) is 7.36. The van der Waals surface area contributed by atoms with Crippen molar-refractivity contribution in [3.8, 4) is 0 Å². The topological polar surface area (TPSA) is 99.5 Å². The van der Waals surface area contributed by atoms with E-state index < -0.39 is 0 Å². The monoisotopic (exact) mass is 532 g/mol. The average molecular weight is 532 g/mol. The summed E-state index contributed by atoms with van der Waals surface area (Å²) in [4.78, 5) is 18.6. The lowest BCUT2D eigenvalue weighted by molar-refractivity contribution is -0.122. The van der Waals surface area contributed by atoms with Gasteiger partial charge >= 0.3 is 0 Å². The maximum Gasteiger partial charge on any atom is 0.233 e. The number of hydrogen-bond donors (Lipinski definition) is 3. The summed E-state index contributed by atoms with van der Waals surface area (Å²) in [5.74, 6) is 2.72. The van der Waals surface area contributed by atoms with Crippen LogP contribution in [0.2, 0.25) is 0 Å². The first-order chi connectivity index (χ1) is 14.0. The molecule has 1 saturated carbocycles. The van der Waals surface area contributed by atoms with Gasteiger partial charge in [0.2, 0.25) is 5.91 Å². The summed E-state index contributed by atoms with van der Waals surface area (Å²) >= 11 is 0. The summed E-state index contributed by atoms with van der Waals surface area (Å²) in [6, 6.07) is 0.858. The Hall–Kier alpha value is -1.43. The van der Waals surface area contributed by atoms with Crippen LogP contribution in [-0.2, 0) is 18.4 Å². The first kappa shape index (κ1) is 24.8. The summed E-state index contributed by atoms with van der Waals surface area (Å²) < 4.78 is 1.99. The van der Waals surface area contributed by atoms with Crippen molar-refractivity contribution in [1.29, 1.82) is 0 Å². The van der Waals surface area contributed by atoms with Crippen LogP contribution < -0.4 is 16.0 Å². The normalized spacial score (nSPS) is 19.2. The Morgan fingerprint density at radius 1 is 1.07 bits per heavy atom. The summed E-state index contributed by atoms with van der Waals surface area (Å²) in [6.07, 6.45) is 8.32. The molecular weight excluding hydrogens is 495 g/mol. The fraction of sp³-hybridized carbons (Fsp3) is 0.800. The van der Waals surface area contributed by atoms with Gasteiger partial charge in [0, 0.05) is 39.3 Å². The molecule has 9 nitrogen and oxygen atoms in total. The number of halogens is 1. The minimum absolute atomic E-state index is 0. The molecule has 2 fully saturated rings. The van der Waals surface area contributed by atoms with Gasteiger partial charge in [-0.1, -0.05) is 19.3 Å². The summed E-state index contributed by atoms with van der Waals surface area (Å²) in [7, 11) is 3.67. The SMILES string of the molecule is CNC(=O)CN1CCC(NC(=NCc2nnc(C)n2C)NC2CCCCC2)CC1.I. The molecule has 3 N–H and O–H groups in total. The number of carbonyl (C=O) groups excluding carboxylic acids is 1. The van der Waals surface area contributed by atoms with Crippen LogP contribution in [0.4, 0.5) is 0 Å². The minimum Gasteiger partial charge on any atom is -0.358 e. The number of piperidine rings is 1. The van der Waals surface area contributed by atoms with Gasteiger partial charge in [-0.05, 0) is 32.6 Å². The van der Waals surface area contributed by atoms with E-state index in [0.717, 1.165) is 43.5 Å². The van der Waals surface area contributed by atoms with Crippen LogP contribution in [0.15, 0.2) is 4.99 Å². The highest BCUT2D eigenvalue weighted by molar-refractivity contribution is 14.0. The largest absolute Gasteiger partial charge is 0.358 e. The smallest absolute Gasteiger partial charge is 0.233 e. The number of rotatable bonds is 6. The van der Waals surface area contributed by atoms with E-state index in [1.54, 1.807) is 7.05 Å². The fourth-order valence-corrected chi connectivity index (χ4v) is 4.02. The van der Waals surface area contributed by atoms with Crippen molar-refractivity contribution in [2.24, 2.45) is 12.0 Å². The first-order valence-electron chi connectivity index (χ1n) is 10.9. The standard InChI is InChI=1S/C20H36N8O.HI/c1-15-25-26-18(27(15)3)13-22-20(23-16-7-5-4-6-8-16)24-17-9-11-28(12-10-17)14-19(29)21-2;/h16-17H,4-14H2,1-3H3,(H,21,29)(H2,22,23,24);1H. The molecule has 1 aliphatic carbocycles. The molecule has 10 heteroatoms. The molecule has 2 heterocycles. The highest BCUT2D eigenvalue weighted by atomic mass is 127. The van der Waals surface area contributed by atoms with Gasteiger partial charge in [0.1, 0.15) is 12.4 Å². The first-order valence-corrected chi connectivity index (χ1v) is 10.9. The lowest BCUT2D eigenvalue weighted by atomic mass is 9.95. The number of aryl methyl sites for hydroxylation is 1. The molecule has 0 atom stereocenters. The van der Waals surface area contributed by atoms with Crippen LogP contribution in [0, 0.1) is 6.92 Å². The van der Waals surface area contributed by atoms with Crippen LogP contribution >= 0.6 is 24.0 Å². The molecule has 1 saturated heterocycles. The number of likely N-dealkylation sites (N-methyl/N-ethyl adjacent to an activating group) is 1. The molecular formula is C20H37IN8O. The van der Waals surface area contributed by atoms with Gasteiger partial charge in [0.05, 0.1) is 6.54 Å². The van der Waals surface area contributed by atoms with Crippen molar-refractivity contribution >= 4 is 35.8 Å². The molecule has 0 spiro atoms. The Bertz CT molecular complexity index is 693. The second kappa shape index (κ2) is 12.4. The Labute approximate surface area is 196 Å². The zero-order chi connectivity index (χ0) is 20.6. The molecule has 0 aromatic carbocycles. The molecule has 0 unspecified atom stereocenters. The molecule has 2 aliphatic rings. The predicted octanol–water partition coefficient (Wildman–Crippen LogP) is 1.32. The zero-order valence-electron chi connectivity index (χ0n) is 18.5. The molecule has 1 aromatic heterocycles. The summed E-state index contributed by atoms with van der Waals surface area (Å²) in [6.45, 7) is 4.78. The Morgan fingerprint density at radius 2 is 1.70 bits per heavy atom. The predicted molar refractivity (Wildman–Crippen MR) is 129 cm³/mol. The quantitative estimate of drug-likeness (QED) is 0.291. The highest BCUT2D eigenvalue weighted by Gasteiger charge is 2.23. The molecule has 0 bridgehead atoms.